The van der Waals surface area contributed by atoms with Crippen molar-refractivity contribution in [3.63, 3.8) is 0 Å². The molecular weight excluding hydrogens is 226 g/mol. The summed E-state index contributed by atoms with van der Waals surface area (Å²) < 4.78 is 0. The van der Waals surface area contributed by atoms with Gasteiger partial charge in [-0.25, -0.2) is 4.79 Å². The molecule has 1 saturated carbocycles. The van der Waals surface area contributed by atoms with E-state index in [1.54, 1.807) is 12.1 Å². The summed E-state index contributed by atoms with van der Waals surface area (Å²) in [4.78, 5) is 10.9. The molecule has 3 heteroatoms. The van der Waals surface area contributed by atoms with E-state index in [2.05, 4.69) is 12.2 Å². The lowest BCUT2D eigenvalue weighted by Gasteiger charge is -2.19. The number of benzene rings is 1. The molecule has 2 rings (SSSR count). The van der Waals surface area contributed by atoms with Crippen molar-refractivity contribution >= 4 is 11.7 Å². The molecule has 0 radical (unpaired) electrons. The maximum Gasteiger partial charge on any atom is 0.335 e. The summed E-state index contributed by atoms with van der Waals surface area (Å²) in [5.74, 6) is 0.0377. The highest BCUT2D eigenvalue weighted by atomic mass is 16.4. The second-order valence-electron chi connectivity index (χ2n) is 5.26. The van der Waals surface area contributed by atoms with Crippen molar-refractivity contribution in [2.24, 2.45) is 5.92 Å². The van der Waals surface area contributed by atoms with E-state index in [0.29, 0.717) is 11.6 Å². The Morgan fingerprint density at radius 1 is 1.50 bits per heavy atom. The number of aromatic carboxylic acids is 1. The first-order valence-electron chi connectivity index (χ1n) is 6.70. The zero-order valence-corrected chi connectivity index (χ0v) is 11.1. The molecule has 1 unspecified atom stereocenters. The van der Waals surface area contributed by atoms with Gasteiger partial charge in [-0.1, -0.05) is 19.8 Å². The molecule has 1 aliphatic rings. The van der Waals surface area contributed by atoms with Crippen molar-refractivity contribution in [3.05, 3.63) is 29.3 Å². The fourth-order valence-electron chi connectivity index (χ4n) is 2.26. The van der Waals surface area contributed by atoms with Gasteiger partial charge in [-0.15, -0.1) is 0 Å². The van der Waals surface area contributed by atoms with Crippen molar-refractivity contribution in [1.82, 2.24) is 0 Å². The predicted octanol–water partition coefficient (Wildman–Crippen LogP) is 3.68. The van der Waals surface area contributed by atoms with E-state index in [9.17, 15) is 4.79 Å². The van der Waals surface area contributed by atoms with Crippen molar-refractivity contribution in [1.29, 1.82) is 0 Å². The number of rotatable bonds is 6. The van der Waals surface area contributed by atoms with E-state index < -0.39 is 5.97 Å². The van der Waals surface area contributed by atoms with Crippen LogP contribution in [-0.2, 0) is 0 Å². The van der Waals surface area contributed by atoms with Crippen molar-refractivity contribution < 1.29 is 9.90 Å². The second kappa shape index (κ2) is 5.42. The van der Waals surface area contributed by atoms with Gasteiger partial charge in [0.05, 0.1) is 5.56 Å². The molecule has 98 valence electrons. The Labute approximate surface area is 108 Å². The molecule has 1 atom stereocenters. The van der Waals surface area contributed by atoms with Gasteiger partial charge in [-0.05, 0) is 49.4 Å². The third-order valence-electron chi connectivity index (χ3n) is 3.64. The third-order valence-corrected chi connectivity index (χ3v) is 3.64. The van der Waals surface area contributed by atoms with Crippen LogP contribution < -0.4 is 5.32 Å². The molecule has 2 N–H and O–H groups in total. The Morgan fingerprint density at radius 2 is 2.22 bits per heavy atom. The predicted molar refractivity (Wildman–Crippen MR) is 73.2 cm³/mol. The number of anilines is 1. The Balaban J connectivity index is 2.05. The van der Waals surface area contributed by atoms with Crippen LogP contribution in [0.3, 0.4) is 0 Å². The summed E-state index contributed by atoms with van der Waals surface area (Å²) >= 11 is 0. The van der Waals surface area contributed by atoms with E-state index in [4.69, 9.17) is 5.11 Å². The van der Waals surface area contributed by atoms with Crippen LogP contribution in [0.4, 0.5) is 5.69 Å². The highest BCUT2D eigenvalue weighted by Crippen LogP contribution is 2.35. The zero-order chi connectivity index (χ0) is 13.1. The monoisotopic (exact) mass is 247 g/mol. The average molecular weight is 247 g/mol. The van der Waals surface area contributed by atoms with Gasteiger partial charge in [0.1, 0.15) is 0 Å². The molecule has 0 heterocycles. The first-order valence-corrected chi connectivity index (χ1v) is 6.70. The minimum absolute atomic E-state index is 0.355. The first kappa shape index (κ1) is 12.9. The second-order valence-corrected chi connectivity index (χ2v) is 5.26. The van der Waals surface area contributed by atoms with Crippen LogP contribution >= 0.6 is 0 Å². The normalized spacial score (nSPS) is 16.3. The van der Waals surface area contributed by atoms with Crippen LogP contribution in [0.1, 0.15) is 48.5 Å². The third kappa shape index (κ3) is 3.25. The van der Waals surface area contributed by atoms with Gasteiger partial charge in [0.25, 0.3) is 0 Å². The maximum absolute atomic E-state index is 10.9. The molecule has 1 aliphatic carbocycles. The van der Waals surface area contributed by atoms with E-state index in [1.165, 1.54) is 19.3 Å². The van der Waals surface area contributed by atoms with E-state index in [1.807, 2.05) is 13.0 Å². The molecule has 0 spiro atoms. The summed E-state index contributed by atoms with van der Waals surface area (Å²) in [6, 6.07) is 5.79. The molecular formula is C15H21NO2. The molecule has 1 aromatic rings. The highest BCUT2D eigenvalue weighted by Gasteiger charge is 2.24. The van der Waals surface area contributed by atoms with Crippen LogP contribution in [0.25, 0.3) is 0 Å². The number of carbonyl (C=O) groups is 1. The summed E-state index contributed by atoms with van der Waals surface area (Å²) in [6.07, 6.45) is 5.08. The van der Waals surface area contributed by atoms with Crippen molar-refractivity contribution in [2.75, 3.05) is 5.32 Å². The average Bonchev–Trinajstić information content (AvgIpc) is 3.14. The Kier molecular flexibility index (Phi) is 3.90. The van der Waals surface area contributed by atoms with Crippen LogP contribution in [0.5, 0.6) is 0 Å². The largest absolute Gasteiger partial charge is 0.478 e. The Morgan fingerprint density at radius 3 is 2.72 bits per heavy atom. The molecule has 0 amide bonds. The number of nitrogens with one attached hydrogen (secondary N) is 1. The molecule has 1 fully saturated rings. The molecule has 3 nitrogen and oxygen atoms in total. The minimum Gasteiger partial charge on any atom is -0.478 e. The fraction of sp³-hybridized carbons (Fsp3) is 0.533. The number of carboxylic acid groups (broad SMARTS) is 1. The molecule has 0 saturated heterocycles. The summed E-state index contributed by atoms with van der Waals surface area (Å²) in [5, 5.41) is 12.5. The quantitative estimate of drug-likeness (QED) is 0.806. The minimum atomic E-state index is -0.866. The number of hydrogen-bond donors (Lipinski definition) is 2. The fourth-order valence-corrected chi connectivity index (χ4v) is 2.26. The topological polar surface area (TPSA) is 49.3 Å². The van der Waals surface area contributed by atoms with Gasteiger partial charge < -0.3 is 10.4 Å². The van der Waals surface area contributed by atoms with Gasteiger partial charge in [0.15, 0.2) is 0 Å². The number of aryl methyl sites for hydroxylation is 1. The summed E-state index contributed by atoms with van der Waals surface area (Å²) in [6.45, 7) is 4.15. The summed E-state index contributed by atoms with van der Waals surface area (Å²) in [7, 11) is 0. The SMILES string of the molecule is CCC(CC1CC1)Nc1ccc(C(=O)O)cc1C. The van der Waals surface area contributed by atoms with Gasteiger partial charge in [-0.2, -0.15) is 0 Å². The highest BCUT2D eigenvalue weighted by molar-refractivity contribution is 5.88. The van der Waals surface area contributed by atoms with Crippen LogP contribution in [-0.4, -0.2) is 17.1 Å². The Hall–Kier alpha value is -1.51. The van der Waals surface area contributed by atoms with Gasteiger partial charge in [0, 0.05) is 11.7 Å². The standard InChI is InChI=1S/C15H21NO2/c1-3-13(9-11-4-5-11)16-14-7-6-12(15(17)18)8-10(14)2/h6-8,11,13,16H,3-5,9H2,1-2H3,(H,17,18). The number of hydrogen-bond acceptors (Lipinski definition) is 2. The summed E-state index contributed by atoms with van der Waals surface area (Å²) in [5.41, 5.74) is 2.42. The smallest absolute Gasteiger partial charge is 0.335 e. The van der Waals surface area contributed by atoms with Crippen LogP contribution in [0.15, 0.2) is 18.2 Å². The molecule has 18 heavy (non-hydrogen) atoms. The Bertz CT molecular complexity index is 438. The lowest BCUT2D eigenvalue weighted by molar-refractivity contribution is 0.0697. The maximum atomic E-state index is 10.9. The van der Waals surface area contributed by atoms with E-state index in [-0.39, 0.29) is 0 Å². The van der Waals surface area contributed by atoms with E-state index in [0.717, 1.165) is 23.6 Å². The lowest BCUT2D eigenvalue weighted by Crippen LogP contribution is -2.19. The van der Waals surface area contributed by atoms with Crippen LogP contribution in [0.2, 0.25) is 0 Å². The molecule has 1 aromatic carbocycles. The lowest BCUT2D eigenvalue weighted by atomic mass is 10.1. The van der Waals surface area contributed by atoms with E-state index >= 15 is 0 Å². The molecule has 0 aliphatic heterocycles. The molecule has 0 bridgehead atoms. The van der Waals surface area contributed by atoms with Gasteiger partial charge >= 0.3 is 5.97 Å². The molecule has 0 aromatic heterocycles. The van der Waals surface area contributed by atoms with Crippen molar-refractivity contribution in [3.8, 4) is 0 Å². The van der Waals surface area contributed by atoms with Crippen molar-refractivity contribution in [2.45, 2.75) is 45.6 Å². The first-order chi connectivity index (χ1) is 8.60. The van der Waals surface area contributed by atoms with Gasteiger partial charge in [-0.3, -0.25) is 0 Å². The number of carboxylic acids is 1. The zero-order valence-electron chi connectivity index (χ0n) is 11.1. The van der Waals surface area contributed by atoms with Crippen LogP contribution in [0, 0.1) is 12.8 Å². The van der Waals surface area contributed by atoms with Gasteiger partial charge in [0.2, 0.25) is 0 Å².